The van der Waals surface area contributed by atoms with E-state index in [4.69, 9.17) is 18.6 Å². The molecule has 4 aromatic rings. The summed E-state index contributed by atoms with van der Waals surface area (Å²) in [7, 11) is 1.20. The molecule has 0 fully saturated rings. The Balaban J connectivity index is 1.87. The summed E-state index contributed by atoms with van der Waals surface area (Å²) in [5, 5.41) is 51.6. The van der Waals surface area contributed by atoms with Crippen molar-refractivity contribution in [3.8, 4) is 45.8 Å². The topological polar surface area (TPSA) is 176 Å². The van der Waals surface area contributed by atoms with Crippen LogP contribution in [-0.2, 0) is 20.9 Å². The highest BCUT2D eigenvalue weighted by molar-refractivity contribution is 9.10. The number of halogens is 1. The number of phenolic OH excluding ortho intramolecular Hbond substituents is 4. The molecule has 11 nitrogen and oxygen atoms in total. The minimum absolute atomic E-state index is 0.0143. The van der Waals surface area contributed by atoms with E-state index in [1.165, 1.54) is 13.2 Å². The number of carbonyl (C=O) groups excluding carboxylic acids is 1. The molecule has 1 aliphatic rings. The van der Waals surface area contributed by atoms with Crippen molar-refractivity contribution < 1.29 is 49.0 Å². The highest BCUT2D eigenvalue weighted by Crippen LogP contribution is 2.48. The fraction of sp³-hybridized carbons (Fsp3) is 0.185. The third-order valence-corrected chi connectivity index (χ3v) is 6.86. The Kier molecular flexibility index (Phi) is 6.74. The van der Waals surface area contributed by atoms with E-state index < -0.39 is 57.2 Å². The number of rotatable bonds is 5. The number of benzene rings is 3. The lowest BCUT2D eigenvalue weighted by Crippen LogP contribution is -2.17. The van der Waals surface area contributed by atoms with E-state index in [9.17, 15) is 35.1 Å². The molecule has 2 heterocycles. The van der Waals surface area contributed by atoms with Crippen molar-refractivity contribution >= 4 is 32.9 Å². The van der Waals surface area contributed by atoms with E-state index >= 15 is 0 Å². The van der Waals surface area contributed by atoms with E-state index in [2.05, 4.69) is 15.9 Å². The van der Waals surface area contributed by atoms with Crippen molar-refractivity contribution in [1.82, 2.24) is 0 Å². The highest BCUT2D eigenvalue weighted by atomic mass is 79.9. The van der Waals surface area contributed by atoms with Crippen molar-refractivity contribution in [3.63, 3.8) is 0 Å². The molecule has 0 spiro atoms. The van der Waals surface area contributed by atoms with Crippen LogP contribution in [0.2, 0.25) is 0 Å². The van der Waals surface area contributed by atoms with Crippen LogP contribution < -0.4 is 10.2 Å². The predicted octanol–water partition coefficient (Wildman–Crippen LogP) is 4.31. The molecule has 202 valence electrons. The summed E-state index contributed by atoms with van der Waals surface area (Å²) in [6, 6.07) is 7.83. The summed E-state index contributed by atoms with van der Waals surface area (Å²) < 4.78 is 22.6. The number of hydrogen-bond donors (Lipinski definition) is 5. The van der Waals surface area contributed by atoms with Crippen LogP contribution in [0.3, 0.4) is 0 Å². The zero-order chi connectivity index (χ0) is 28.0. The van der Waals surface area contributed by atoms with Gasteiger partial charge >= 0.3 is 5.97 Å². The van der Waals surface area contributed by atoms with Gasteiger partial charge in [0.15, 0.2) is 24.1 Å². The Morgan fingerprint density at radius 2 is 1.79 bits per heavy atom. The summed E-state index contributed by atoms with van der Waals surface area (Å²) in [4.78, 5) is 25.9. The molecule has 1 aliphatic heterocycles. The molecule has 39 heavy (non-hydrogen) atoms. The van der Waals surface area contributed by atoms with Gasteiger partial charge in [-0.25, -0.2) is 0 Å². The Morgan fingerprint density at radius 1 is 1.03 bits per heavy atom. The van der Waals surface area contributed by atoms with Crippen molar-refractivity contribution in [1.29, 1.82) is 0 Å². The fourth-order valence-electron chi connectivity index (χ4n) is 4.63. The number of hydrogen-bond acceptors (Lipinski definition) is 11. The molecule has 1 unspecified atom stereocenters. The lowest BCUT2D eigenvalue weighted by atomic mass is 9.85. The second-order valence-electron chi connectivity index (χ2n) is 8.77. The number of carbonyl (C=O) groups is 1. The van der Waals surface area contributed by atoms with Gasteiger partial charge in [0, 0.05) is 38.7 Å². The Bertz CT molecular complexity index is 1690. The fourth-order valence-corrected chi connectivity index (χ4v) is 5.15. The molecule has 12 heteroatoms. The van der Waals surface area contributed by atoms with Crippen LogP contribution in [0.25, 0.3) is 22.3 Å². The predicted molar refractivity (Wildman–Crippen MR) is 139 cm³/mol. The number of esters is 1. The van der Waals surface area contributed by atoms with Crippen molar-refractivity contribution in [2.75, 3.05) is 13.9 Å². The highest BCUT2D eigenvalue weighted by Gasteiger charge is 2.33. The van der Waals surface area contributed by atoms with Crippen LogP contribution in [0.15, 0.2) is 50.1 Å². The Morgan fingerprint density at radius 3 is 2.51 bits per heavy atom. The number of methoxy groups -OCH3 is 1. The lowest BCUT2D eigenvalue weighted by molar-refractivity contribution is -0.140. The molecule has 0 amide bonds. The van der Waals surface area contributed by atoms with Gasteiger partial charge in [-0.15, -0.1) is 0 Å². The maximum Gasteiger partial charge on any atom is 0.306 e. The monoisotopic (exact) mass is 600 g/mol. The third kappa shape index (κ3) is 4.57. The summed E-state index contributed by atoms with van der Waals surface area (Å²) in [5.41, 5.74) is -0.328. The Hall–Kier alpha value is -4.42. The number of aromatic hydroxyl groups is 5. The van der Waals surface area contributed by atoms with Gasteiger partial charge in [-0.2, -0.15) is 0 Å². The summed E-state index contributed by atoms with van der Waals surface area (Å²) in [6.07, 6.45) is -0.336. The molecule has 0 saturated heterocycles. The zero-order valence-corrected chi connectivity index (χ0v) is 21.8. The Labute approximate surface area is 228 Å². The second kappa shape index (κ2) is 10.0. The van der Waals surface area contributed by atoms with E-state index in [-0.39, 0.29) is 36.5 Å². The molecule has 5 N–H and O–H groups in total. The average molecular weight is 601 g/mol. The molecular weight excluding hydrogens is 580 g/mol. The largest absolute Gasteiger partial charge is 0.507 e. The molecule has 5 rings (SSSR count). The lowest BCUT2D eigenvalue weighted by Gasteiger charge is -2.26. The van der Waals surface area contributed by atoms with Crippen molar-refractivity contribution in [3.05, 3.63) is 67.8 Å². The van der Waals surface area contributed by atoms with Gasteiger partial charge in [-0.05, 0) is 30.3 Å². The average Bonchev–Trinajstić information content (AvgIpc) is 2.90. The van der Waals surface area contributed by atoms with Crippen molar-refractivity contribution in [2.24, 2.45) is 0 Å². The first-order valence-electron chi connectivity index (χ1n) is 11.5. The minimum atomic E-state index is -1.03. The van der Waals surface area contributed by atoms with Gasteiger partial charge in [-0.1, -0.05) is 15.9 Å². The molecule has 0 aliphatic carbocycles. The number of fused-ring (bicyclic) bond motifs is 2. The molecule has 1 atom stereocenters. The van der Waals surface area contributed by atoms with Crippen LogP contribution in [0.4, 0.5) is 0 Å². The van der Waals surface area contributed by atoms with Crippen LogP contribution in [0.1, 0.15) is 29.0 Å². The summed E-state index contributed by atoms with van der Waals surface area (Å²) >= 11 is 3.44. The van der Waals surface area contributed by atoms with Crippen LogP contribution in [-0.4, -0.2) is 45.4 Å². The van der Waals surface area contributed by atoms with E-state index in [1.807, 2.05) is 0 Å². The van der Waals surface area contributed by atoms with Gasteiger partial charge in [0.1, 0.15) is 28.2 Å². The molecule has 0 radical (unpaired) electrons. The van der Waals surface area contributed by atoms with E-state index in [1.54, 1.807) is 12.1 Å². The van der Waals surface area contributed by atoms with Crippen LogP contribution in [0, 0.1) is 0 Å². The zero-order valence-electron chi connectivity index (χ0n) is 20.2. The normalized spacial score (nSPS) is 13.5. The molecule has 0 bridgehead atoms. The first-order chi connectivity index (χ1) is 18.6. The number of phenols is 4. The first-order valence-corrected chi connectivity index (χ1v) is 12.3. The smallest absolute Gasteiger partial charge is 0.306 e. The van der Waals surface area contributed by atoms with Gasteiger partial charge in [0.25, 0.3) is 0 Å². The van der Waals surface area contributed by atoms with Gasteiger partial charge in [0.05, 0.1) is 20.1 Å². The maximum atomic E-state index is 13.3. The summed E-state index contributed by atoms with van der Waals surface area (Å²) in [6.45, 7) is 0.152. The van der Waals surface area contributed by atoms with E-state index in [0.717, 1.165) is 18.2 Å². The molecule has 1 aromatic heterocycles. The van der Waals surface area contributed by atoms with E-state index in [0.29, 0.717) is 21.3 Å². The molecule has 0 saturated carbocycles. The summed E-state index contributed by atoms with van der Waals surface area (Å²) in [5.74, 6) is -4.77. The third-order valence-electron chi connectivity index (χ3n) is 6.40. The van der Waals surface area contributed by atoms with Gasteiger partial charge in [-0.3, -0.25) is 9.59 Å². The van der Waals surface area contributed by atoms with Gasteiger partial charge < -0.3 is 44.2 Å². The maximum absolute atomic E-state index is 13.3. The quantitative estimate of drug-likeness (QED) is 0.163. The van der Waals surface area contributed by atoms with Crippen molar-refractivity contribution in [2.45, 2.75) is 18.9 Å². The SMILES string of the molecule is COC(=O)CC(c1cc(Br)cc2c1OCOC2)c1c(O)cc(O)c2c(=O)c(O)c(-c3ccc(O)c(O)c3)oc12. The molecule has 3 aromatic carbocycles. The van der Waals surface area contributed by atoms with Gasteiger partial charge in [0.2, 0.25) is 11.2 Å². The first kappa shape index (κ1) is 26.2. The standard InChI is InChI=1S/C27H21BrO11/c1-36-20(33)7-14(15-6-13(28)4-12-9-37-10-38-25(12)15)21-18(31)8-19(32)22-23(34)24(35)26(39-27(21)22)11-2-3-16(29)17(30)5-11/h2-6,8,14,29-32,35H,7,9-10H2,1H3. The van der Waals surface area contributed by atoms with Crippen LogP contribution >= 0.6 is 15.9 Å². The van der Waals surface area contributed by atoms with Crippen LogP contribution in [0.5, 0.6) is 34.5 Å². The second-order valence-corrected chi connectivity index (χ2v) is 9.69. The molecular formula is C27H21BrO11. The minimum Gasteiger partial charge on any atom is -0.507 e. The number of ether oxygens (including phenoxy) is 3.